The Kier molecular flexibility index (Phi) is 4.43. The van der Waals surface area contributed by atoms with Gasteiger partial charge < -0.3 is 19.6 Å². The molecule has 2 unspecified atom stereocenters. The van der Waals surface area contributed by atoms with Crippen LogP contribution in [-0.2, 0) is 0 Å². The summed E-state index contributed by atoms with van der Waals surface area (Å²) >= 11 is 0. The first-order valence-corrected chi connectivity index (χ1v) is 9.05. The number of aromatic amines is 1. The van der Waals surface area contributed by atoms with Gasteiger partial charge in [0, 0.05) is 12.2 Å². The molecule has 24 heavy (non-hydrogen) atoms. The van der Waals surface area contributed by atoms with Gasteiger partial charge in [-0.05, 0) is 68.8 Å². The Morgan fingerprint density at radius 1 is 1.21 bits per heavy atom. The molecule has 2 saturated heterocycles. The monoisotopic (exact) mass is 327 g/mol. The third-order valence-corrected chi connectivity index (χ3v) is 5.57. The molecule has 5 heteroatoms. The van der Waals surface area contributed by atoms with Crippen molar-refractivity contribution in [1.82, 2.24) is 9.88 Å². The van der Waals surface area contributed by atoms with Crippen molar-refractivity contribution >= 4 is 11.7 Å². The van der Waals surface area contributed by atoms with E-state index in [9.17, 15) is 4.79 Å². The largest absolute Gasteiger partial charge is 0.472 e. The number of anilines is 1. The van der Waals surface area contributed by atoms with Crippen LogP contribution in [-0.4, -0.2) is 34.9 Å². The molecule has 4 rings (SSSR count). The van der Waals surface area contributed by atoms with E-state index in [1.165, 1.54) is 69.7 Å². The molecule has 4 heterocycles. The molecule has 0 spiro atoms. The first-order valence-electron chi connectivity index (χ1n) is 9.05. The number of amides is 1. The lowest BCUT2D eigenvalue weighted by Gasteiger charge is -2.33. The van der Waals surface area contributed by atoms with Crippen molar-refractivity contribution in [3.05, 3.63) is 42.0 Å². The van der Waals surface area contributed by atoms with Gasteiger partial charge in [0.25, 0.3) is 5.91 Å². The van der Waals surface area contributed by atoms with Gasteiger partial charge in [0.15, 0.2) is 0 Å². The Bertz CT molecular complexity index is 661. The lowest BCUT2D eigenvalue weighted by atomic mass is 9.92. The minimum atomic E-state index is -0.143. The van der Waals surface area contributed by atoms with Gasteiger partial charge in [0.05, 0.1) is 11.8 Å². The minimum Gasteiger partial charge on any atom is -0.472 e. The highest BCUT2D eigenvalue weighted by Crippen LogP contribution is 2.34. The first-order chi connectivity index (χ1) is 11.8. The maximum absolute atomic E-state index is 12.1. The summed E-state index contributed by atoms with van der Waals surface area (Å²) in [5.41, 5.74) is 1.86. The van der Waals surface area contributed by atoms with Crippen molar-refractivity contribution in [2.24, 2.45) is 0 Å². The van der Waals surface area contributed by atoms with Crippen LogP contribution in [0.1, 0.15) is 60.4 Å². The third-order valence-electron chi connectivity index (χ3n) is 5.57. The Labute approximate surface area is 142 Å². The second-order valence-electron chi connectivity index (χ2n) is 7.06. The molecule has 128 valence electrons. The number of fused-ring (bicyclic) bond motifs is 1. The smallest absolute Gasteiger partial charge is 0.260 e. The van der Waals surface area contributed by atoms with E-state index in [0.717, 1.165) is 11.9 Å². The van der Waals surface area contributed by atoms with E-state index in [0.29, 0.717) is 11.5 Å². The van der Waals surface area contributed by atoms with E-state index in [4.69, 9.17) is 4.42 Å². The fourth-order valence-corrected chi connectivity index (χ4v) is 4.18. The van der Waals surface area contributed by atoms with Gasteiger partial charge in [-0.2, -0.15) is 0 Å². The Morgan fingerprint density at radius 2 is 2.17 bits per heavy atom. The number of carbonyl (C=O) groups is 1. The summed E-state index contributed by atoms with van der Waals surface area (Å²) in [6, 6.07) is 4.55. The van der Waals surface area contributed by atoms with Gasteiger partial charge in [0.1, 0.15) is 12.1 Å². The maximum atomic E-state index is 12.1. The van der Waals surface area contributed by atoms with Crippen LogP contribution in [0.5, 0.6) is 0 Å². The van der Waals surface area contributed by atoms with Gasteiger partial charge in [-0.3, -0.25) is 4.79 Å². The molecular formula is C19H25N3O2. The summed E-state index contributed by atoms with van der Waals surface area (Å²) in [4.78, 5) is 18.0. The van der Waals surface area contributed by atoms with Crippen LogP contribution in [0.2, 0.25) is 0 Å². The minimum absolute atomic E-state index is 0.143. The van der Waals surface area contributed by atoms with Crippen molar-refractivity contribution < 1.29 is 9.21 Å². The Balaban J connectivity index is 1.40. The van der Waals surface area contributed by atoms with Gasteiger partial charge in [-0.15, -0.1) is 0 Å². The second kappa shape index (κ2) is 6.85. The highest BCUT2D eigenvalue weighted by atomic mass is 16.3. The van der Waals surface area contributed by atoms with Crippen LogP contribution in [0.3, 0.4) is 0 Å². The molecule has 2 aromatic heterocycles. The van der Waals surface area contributed by atoms with Crippen molar-refractivity contribution in [2.45, 2.75) is 50.5 Å². The number of H-pyrrole nitrogens is 1. The van der Waals surface area contributed by atoms with Crippen molar-refractivity contribution in [2.75, 3.05) is 18.4 Å². The van der Waals surface area contributed by atoms with Gasteiger partial charge >= 0.3 is 0 Å². The fourth-order valence-electron chi connectivity index (χ4n) is 4.18. The molecule has 1 amide bonds. The fraction of sp³-hybridized carbons (Fsp3) is 0.526. The number of aromatic nitrogens is 1. The van der Waals surface area contributed by atoms with E-state index >= 15 is 0 Å². The van der Waals surface area contributed by atoms with Crippen LogP contribution >= 0.6 is 0 Å². The number of nitrogens with zero attached hydrogens (tertiary/aromatic N) is 1. The summed E-state index contributed by atoms with van der Waals surface area (Å²) in [6.07, 6.45) is 12.9. The van der Waals surface area contributed by atoms with Crippen LogP contribution < -0.4 is 5.32 Å². The van der Waals surface area contributed by atoms with Crippen molar-refractivity contribution in [1.29, 1.82) is 0 Å². The van der Waals surface area contributed by atoms with Crippen molar-refractivity contribution in [3.63, 3.8) is 0 Å². The standard InChI is InChI=1S/C19H25N3O2/c23-19(15-7-10-24-13-15)21-18-11-16(12-20-18)14-4-5-17-3-1-2-8-22(17)9-6-14/h7,10-14,17,20H,1-6,8-9H2,(H,21,23). The zero-order chi connectivity index (χ0) is 16.4. The van der Waals surface area contributed by atoms with Crippen molar-refractivity contribution in [3.8, 4) is 0 Å². The molecule has 0 radical (unpaired) electrons. The second-order valence-corrected chi connectivity index (χ2v) is 7.06. The molecule has 0 saturated carbocycles. The highest BCUT2D eigenvalue weighted by Gasteiger charge is 2.28. The summed E-state index contributed by atoms with van der Waals surface area (Å²) < 4.78 is 4.96. The number of carbonyl (C=O) groups excluding carboxylic acids is 1. The van der Waals surface area contributed by atoms with E-state index < -0.39 is 0 Å². The molecule has 0 bridgehead atoms. The lowest BCUT2D eigenvalue weighted by Crippen LogP contribution is -2.38. The van der Waals surface area contributed by atoms with Crippen LogP contribution in [0, 0.1) is 0 Å². The average molecular weight is 327 g/mol. The molecule has 2 N–H and O–H groups in total. The summed E-state index contributed by atoms with van der Waals surface area (Å²) in [7, 11) is 0. The molecule has 2 aliphatic rings. The summed E-state index contributed by atoms with van der Waals surface area (Å²) in [6.45, 7) is 2.48. The molecule has 0 aromatic carbocycles. The Hall–Kier alpha value is -2.01. The molecule has 2 aromatic rings. The zero-order valence-corrected chi connectivity index (χ0v) is 14.0. The first kappa shape index (κ1) is 15.5. The summed E-state index contributed by atoms with van der Waals surface area (Å²) in [5.74, 6) is 1.21. The predicted octanol–water partition coefficient (Wildman–Crippen LogP) is 3.98. The van der Waals surface area contributed by atoms with Crippen LogP contribution in [0.4, 0.5) is 5.82 Å². The Morgan fingerprint density at radius 3 is 3.04 bits per heavy atom. The quantitative estimate of drug-likeness (QED) is 0.896. The van der Waals surface area contributed by atoms with Gasteiger partial charge in [-0.25, -0.2) is 0 Å². The van der Waals surface area contributed by atoms with Gasteiger partial charge in [0.2, 0.25) is 0 Å². The lowest BCUT2D eigenvalue weighted by molar-refractivity contribution is 0.102. The number of nitrogens with one attached hydrogen (secondary N) is 2. The van der Waals surface area contributed by atoms with Crippen LogP contribution in [0.15, 0.2) is 35.3 Å². The third kappa shape index (κ3) is 3.26. The van der Waals surface area contributed by atoms with Gasteiger partial charge in [-0.1, -0.05) is 6.42 Å². The highest BCUT2D eigenvalue weighted by molar-refractivity contribution is 6.03. The number of furan rings is 1. The number of piperidine rings is 1. The van der Waals surface area contributed by atoms with E-state index in [2.05, 4.69) is 27.5 Å². The topological polar surface area (TPSA) is 61.3 Å². The molecule has 2 aliphatic heterocycles. The zero-order valence-electron chi connectivity index (χ0n) is 14.0. The van der Waals surface area contributed by atoms with E-state index in [1.807, 2.05) is 0 Å². The molecule has 0 aliphatic carbocycles. The van der Waals surface area contributed by atoms with E-state index in [1.54, 1.807) is 6.07 Å². The SMILES string of the molecule is O=C(Nc1cc(C2CCC3CCCCN3CC2)c[nH]1)c1ccoc1. The van der Waals surface area contributed by atoms with E-state index in [-0.39, 0.29) is 5.91 Å². The van der Waals surface area contributed by atoms with Crippen LogP contribution in [0.25, 0.3) is 0 Å². The maximum Gasteiger partial charge on any atom is 0.260 e. The molecular weight excluding hydrogens is 302 g/mol. The number of rotatable bonds is 3. The number of hydrogen-bond acceptors (Lipinski definition) is 3. The number of hydrogen-bond donors (Lipinski definition) is 2. The normalized spacial score (nSPS) is 25.0. The summed E-state index contributed by atoms with van der Waals surface area (Å²) in [5, 5.41) is 2.90. The average Bonchev–Trinajstić information content (AvgIpc) is 3.24. The molecule has 2 fully saturated rings. The molecule has 2 atom stereocenters. The molecule has 5 nitrogen and oxygen atoms in total. The predicted molar refractivity (Wildman–Crippen MR) is 93.3 cm³/mol.